The third kappa shape index (κ3) is 32.7. The first-order valence-corrected chi connectivity index (χ1v) is 30.0. The molecule has 0 radical (unpaired) electrons. The SMILES string of the molecule is CCCCCCCCCCCCC/C=C/C=C/C(=O)OC[C@H](CO[C@H]1O[C@@H](CO[C@H]2O[C@@H](CO)[C@@H](O)C(O)C2O)[C@@H](O)C(O)C1O)OC(=O)CCCCCCCCCCCCCCCCCCCCCCCCC. The first-order valence-electron chi connectivity index (χ1n) is 30.0. The number of carbonyl (C=O) groups excluding carboxylic acids is 2. The van der Waals surface area contributed by atoms with Gasteiger partial charge in [0.1, 0.15) is 55.4 Å². The summed E-state index contributed by atoms with van der Waals surface area (Å²) in [6.45, 7) is 2.52. The minimum atomic E-state index is -1.78. The highest BCUT2D eigenvalue weighted by Crippen LogP contribution is 2.27. The number of esters is 2. The quantitative estimate of drug-likeness (QED) is 0.0130. The highest BCUT2D eigenvalue weighted by Gasteiger charge is 2.47. The predicted molar refractivity (Wildman–Crippen MR) is 289 cm³/mol. The molecule has 0 amide bonds. The summed E-state index contributed by atoms with van der Waals surface area (Å²) in [4.78, 5) is 25.8. The van der Waals surface area contributed by atoms with Gasteiger partial charge >= 0.3 is 11.9 Å². The Kier molecular flexibility index (Phi) is 42.3. The Hall–Kier alpha value is -2.02. The minimum absolute atomic E-state index is 0.151. The summed E-state index contributed by atoms with van der Waals surface area (Å²) in [6, 6.07) is 0. The number of aliphatic hydroxyl groups is 7. The Balaban J connectivity index is 1.74. The molecule has 74 heavy (non-hydrogen) atoms. The smallest absolute Gasteiger partial charge is 0.330 e. The normalized spacial score (nSPS) is 24.8. The summed E-state index contributed by atoms with van der Waals surface area (Å²) < 4.78 is 33.5. The van der Waals surface area contributed by atoms with Crippen LogP contribution < -0.4 is 0 Å². The second-order valence-corrected chi connectivity index (χ2v) is 21.3. The first kappa shape index (κ1) is 68.1. The number of aliphatic hydroxyl groups excluding tert-OH is 7. The van der Waals surface area contributed by atoms with E-state index in [1.165, 1.54) is 192 Å². The van der Waals surface area contributed by atoms with Gasteiger partial charge < -0.3 is 64.2 Å². The first-order chi connectivity index (χ1) is 36.0. The van der Waals surface area contributed by atoms with Crippen LogP contribution in [0.1, 0.15) is 245 Å². The van der Waals surface area contributed by atoms with Crippen molar-refractivity contribution in [2.24, 2.45) is 0 Å². The Morgan fingerprint density at radius 3 is 1.30 bits per heavy atom. The van der Waals surface area contributed by atoms with Crippen LogP contribution in [0.3, 0.4) is 0 Å². The van der Waals surface area contributed by atoms with E-state index in [1.807, 2.05) is 6.08 Å². The zero-order chi connectivity index (χ0) is 53.9. The molecule has 0 saturated carbocycles. The van der Waals surface area contributed by atoms with Gasteiger partial charge in [-0.15, -0.1) is 0 Å². The van der Waals surface area contributed by atoms with Crippen molar-refractivity contribution in [3.63, 3.8) is 0 Å². The highest BCUT2D eigenvalue weighted by atomic mass is 16.7. The van der Waals surface area contributed by atoms with Crippen molar-refractivity contribution in [1.82, 2.24) is 0 Å². The highest BCUT2D eigenvalue weighted by molar-refractivity contribution is 5.82. The molecule has 11 atom stereocenters. The average molecular weight is 1060 g/mol. The Labute approximate surface area is 447 Å². The molecule has 434 valence electrons. The van der Waals surface area contributed by atoms with Crippen LogP contribution in [0.2, 0.25) is 0 Å². The molecular weight excluding hydrogens is 949 g/mol. The number of allylic oxidation sites excluding steroid dienone is 3. The van der Waals surface area contributed by atoms with Crippen LogP contribution in [-0.2, 0) is 38.0 Å². The van der Waals surface area contributed by atoms with Gasteiger partial charge in [-0.25, -0.2) is 4.79 Å². The molecule has 2 heterocycles. The van der Waals surface area contributed by atoms with Crippen molar-refractivity contribution in [1.29, 1.82) is 0 Å². The lowest BCUT2D eigenvalue weighted by molar-refractivity contribution is -0.332. The Morgan fingerprint density at radius 1 is 0.459 bits per heavy atom. The van der Waals surface area contributed by atoms with Crippen LogP contribution in [0.15, 0.2) is 24.3 Å². The van der Waals surface area contributed by atoms with Crippen molar-refractivity contribution in [3.05, 3.63) is 24.3 Å². The molecule has 0 spiro atoms. The molecule has 0 aromatic heterocycles. The Bertz CT molecular complexity index is 1380. The summed E-state index contributed by atoms with van der Waals surface area (Å²) in [5.41, 5.74) is 0. The summed E-state index contributed by atoms with van der Waals surface area (Å²) in [7, 11) is 0. The molecule has 15 heteroatoms. The standard InChI is InChI=1S/C59H108O15/c1-3-5-7-9-11-13-15-17-19-20-21-22-23-24-25-26-28-30-32-34-36-38-40-42-51(62)72-47(44-69-50(61)41-39-37-35-33-31-29-27-18-16-14-12-10-8-6-4-2)45-70-58-57(68)55(66)53(64)49(74-58)46-71-59-56(67)54(65)52(63)48(43-60)73-59/h35,37,39,41,47-49,52-60,63-68H,3-34,36,38,40,42-46H2,1-2H3/b37-35+,41-39+/t47-,48+,49+,52-,53-,54?,55?,56?,57?,58+,59+/m1/s1. The largest absolute Gasteiger partial charge is 0.458 e. The lowest BCUT2D eigenvalue weighted by Crippen LogP contribution is -2.61. The second-order valence-electron chi connectivity index (χ2n) is 21.3. The van der Waals surface area contributed by atoms with Crippen LogP contribution in [0.5, 0.6) is 0 Å². The van der Waals surface area contributed by atoms with E-state index in [9.17, 15) is 45.3 Å². The lowest BCUT2D eigenvalue weighted by Gasteiger charge is -2.42. The van der Waals surface area contributed by atoms with Crippen LogP contribution in [0.25, 0.3) is 0 Å². The van der Waals surface area contributed by atoms with E-state index >= 15 is 0 Å². The summed E-state index contributed by atoms with van der Waals surface area (Å²) >= 11 is 0. The van der Waals surface area contributed by atoms with Crippen LogP contribution in [0.4, 0.5) is 0 Å². The maximum atomic E-state index is 13.1. The summed E-state index contributed by atoms with van der Waals surface area (Å²) in [5.74, 6) is -1.16. The number of hydrogen-bond donors (Lipinski definition) is 7. The predicted octanol–water partition coefficient (Wildman–Crippen LogP) is 10.3. The van der Waals surface area contributed by atoms with Gasteiger partial charge in [0.05, 0.1) is 19.8 Å². The molecule has 0 aliphatic carbocycles. The molecule has 2 rings (SSSR count). The molecular formula is C59H108O15. The number of hydrogen-bond acceptors (Lipinski definition) is 15. The fraction of sp³-hybridized carbons (Fsp3) is 0.898. The molecule has 0 bridgehead atoms. The van der Waals surface area contributed by atoms with Gasteiger partial charge in [0.15, 0.2) is 18.7 Å². The van der Waals surface area contributed by atoms with E-state index in [4.69, 9.17) is 28.4 Å². The van der Waals surface area contributed by atoms with Crippen molar-refractivity contribution in [3.8, 4) is 0 Å². The van der Waals surface area contributed by atoms with Gasteiger partial charge in [0.25, 0.3) is 0 Å². The van der Waals surface area contributed by atoms with Gasteiger partial charge in [0.2, 0.25) is 0 Å². The van der Waals surface area contributed by atoms with Gasteiger partial charge in [-0.2, -0.15) is 0 Å². The molecule has 2 aliphatic heterocycles. The topological polar surface area (TPSA) is 231 Å². The molecule has 0 aromatic carbocycles. The van der Waals surface area contributed by atoms with Gasteiger partial charge in [0, 0.05) is 12.5 Å². The maximum Gasteiger partial charge on any atom is 0.330 e. The molecule has 2 fully saturated rings. The third-order valence-electron chi connectivity index (χ3n) is 14.5. The zero-order valence-electron chi connectivity index (χ0n) is 46.3. The summed E-state index contributed by atoms with van der Waals surface area (Å²) in [5, 5.41) is 72.3. The average Bonchev–Trinajstić information content (AvgIpc) is 3.39. The van der Waals surface area contributed by atoms with Crippen molar-refractivity contribution >= 4 is 11.9 Å². The van der Waals surface area contributed by atoms with E-state index in [2.05, 4.69) is 13.8 Å². The minimum Gasteiger partial charge on any atom is -0.458 e. The molecule has 4 unspecified atom stereocenters. The fourth-order valence-corrected chi connectivity index (χ4v) is 9.66. The monoisotopic (exact) mass is 1060 g/mol. The fourth-order valence-electron chi connectivity index (χ4n) is 9.66. The van der Waals surface area contributed by atoms with E-state index in [0.717, 1.165) is 32.1 Å². The number of rotatable bonds is 48. The van der Waals surface area contributed by atoms with Crippen LogP contribution in [0, 0.1) is 0 Å². The van der Waals surface area contributed by atoms with E-state index in [1.54, 1.807) is 12.2 Å². The summed E-state index contributed by atoms with van der Waals surface area (Å²) in [6.07, 6.45) is 34.1. The van der Waals surface area contributed by atoms with Crippen molar-refractivity contribution < 1.29 is 73.8 Å². The number of carbonyl (C=O) groups is 2. The number of unbranched alkanes of at least 4 members (excludes halogenated alkanes) is 33. The molecule has 7 N–H and O–H groups in total. The van der Waals surface area contributed by atoms with Gasteiger partial charge in [-0.1, -0.05) is 238 Å². The van der Waals surface area contributed by atoms with E-state index in [-0.39, 0.29) is 13.0 Å². The second kappa shape index (κ2) is 45.9. The van der Waals surface area contributed by atoms with Crippen molar-refractivity contribution in [2.45, 2.75) is 313 Å². The molecule has 2 saturated heterocycles. The Morgan fingerprint density at radius 2 is 0.851 bits per heavy atom. The van der Waals surface area contributed by atoms with Crippen LogP contribution >= 0.6 is 0 Å². The third-order valence-corrected chi connectivity index (χ3v) is 14.5. The van der Waals surface area contributed by atoms with Gasteiger partial charge in [-0.05, 0) is 19.3 Å². The van der Waals surface area contributed by atoms with Crippen LogP contribution in [-0.4, -0.2) is 142 Å². The van der Waals surface area contributed by atoms with Gasteiger partial charge in [-0.3, -0.25) is 4.79 Å². The molecule has 0 aromatic rings. The van der Waals surface area contributed by atoms with E-state index in [0.29, 0.717) is 6.42 Å². The lowest BCUT2D eigenvalue weighted by atomic mass is 9.98. The number of ether oxygens (including phenoxy) is 6. The van der Waals surface area contributed by atoms with E-state index < -0.39 is 99.3 Å². The zero-order valence-corrected chi connectivity index (χ0v) is 46.3. The molecule has 2 aliphatic rings. The van der Waals surface area contributed by atoms with Crippen molar-refractivity contribution in [2.75, 3.05) is 26.4 Å². The molecule has 15 nitrogen and oxygen atoms in total. The maximum absolute atomic E-state index is 13.1.